The van der Waals surface area contributed by atoms with Crippen molar-refractivity contribution in [1.29, 1.82) is 0 Å². The van der Waals surface area contributed by atoms with Crippen LogP contribution in [0.2, 0.25) is 0 Å². The van der Waals surface area contributed by atoms with Gasteiger partial charge in [0.2, 0.25) is 0 Å². The summed E-state index contributed by atoms with van der Waals surface area (Å²) in [6, 6.07) is 7.56. The van der Waals surface area contributed by atoms with Gasteiger partial charge >= 0.3 is 0 Å². The average molecular weight is 331 g/mol. The molecule has 2 rings (SSSR count). The Morgan fingerprint density at radius 2 is 2.13 bits per heavy atom. The highest BCUT2D eigenvalue weighted by Crippen LogP contribution is 2.08. The number of hydrogen-bond acceptors (Lipinski definition) is 4. The monoisotopic (exact) mass is 331 g/mol. The van der Waals surface area contributed by atoms with Gasteiger partial charge in [-0.1, -0.05) is 18.2 Å². The second-order valence-corrected chi connectivity index (χ2v) is 5.65. The highest BCUT2D eigenvalue weighted by molar-refractivity contribution is 7.71. The minimum absolute atomic E-state index is 0.0797. The fourth-order valence-corrected chi connectivity index (χ4v) is 2.46. The maximum atomic E-state index is 11.5. The molecule has 0 fully saturated rings. The molecule has 1 N–H and O–H groups in total. The largest absolute Gasteiger partial charge is 0.355 e. The Balaban J connectivity index is 1.99. The Bertz CT molecular complexity index is 732. The number of benzene rings is 1. The third-order valence-electron chi connectivity index (χ3n) is 3.39. The molecule has 0 saturated carbocycles. The number of nitrogens with one attached hydrogen (secondary N) is 1. The topological polar surface area (TPSA) is 55.1 Å². The van der Waals surface area contributed by atoms with Gasteiger partial charge in [-0.05, 0) is 37.0 Å². The fourth-order valence-electron chi connectivity index (χ4n) is 2.23. The van der Waals surface area contributed by atoms with E-state index in [0.717, 1.165) is 12.1 Å². The maximum absolute atomic E-state index is 11.5. The second kappa shape index (κ2) is 7.85. The zero-order valence-electron chi connectivity index (χ0n) is 13.4. The van der Waals surface area contributed by atoms with Crippen molar-refractivity contribution in [3.8, 4) is 0 Å². The first kappa shape index (κ1) is 17.1. The SMILES string of the molecule is C=CCn1cnn(CN(C)Cc2ccc(C(=O)NC)cc2)c1=S. The Morgan fingerprint density at radius 3 is 2.74 bits per heavy atom. The molecule has 0 aliphatic heterocycles. The zero-order valence-corrected chi connectivity index (χ0v) is 14.2. The van der Waals surface area contributed by atoms with Crippen molar-refractivity contribution >= 4 is 18.1 Å². The van der Waals surface area contributed by atoms with Gasteiger partial charge in [0.05, 0.1) is 6.67 Å². The smallest absolute Gasteiger partial charge is 0.251 e. The van der Waals surface area contributed by atoms with Gasteiger partial charge in [0.15, 0.2) is 4.77 Å². The summed E-state index contributed by atoms with van der Waals surface area (Å²) in [5.41, 5.74) is 1.78. The first-order chi connectivity index (χ1) is 11.0. The van der Waals surface area contributed by atoms with Crippen LogP contribution in [0.4, 0.5) is 0 Å². The zero-order chi connectivity index (χ0) is 16.8. The molecular weight excluding hydrogens is 310 g/mol. The van der Waals surface area contributed by atoms with Gasteiger partial charge in [0, 0.05) is 25.7 Å². The van der Waals surface area contributed by atoms with Crippen molar-refractivity contribution in [2.75, 3.05) is 14.1 Å². The normalized spacial score (nSPS) is 10.7. The summed E-state index contributed by atoms with van der Waals surface area (Å²) in [4.78, 5) is 13.6. The molecule has 0 unspecified atom stereocenters. The van der Waals surface area contributed by atoms with Crippen molar-refractivity contribution in [1.82, 2.24) is 24.6 Å². The summed E-state index contributed by atoms with van der Waals surface area (Å²) in [7, 11) is 3.63. The number of nitrogens with zero attached hydrogens (tertiary/aromatic N) is 4. The number of aromatic nitrogens is 3. The van der Waals surface area contributed by atoms with Crippen molar-refractivity contribution in [3.05, 3.63) is 59.1 Å². The quantitative estimate of drug-likeness (QED) is 0.623. The van der Waals surface area contributed by atoms with Crippen LogP contribution in [0.5, 0.6) is 0 Å². The minimum Gasteiger partial charge on any atom is -0.355 e. The van der Waals surface area contributed by atoms with E-state index in [-0.39, 0.29) is 5.91 Å². The van der Waals surface area contributed by atoms with Gasteiger partial charge in [-0.15, -0.1) is 6.58 Å². The number of carbonyl (C=O) groups excluding carboxylic acids is 1. The third-order valence-corrected chi connectivity index (χ3v) is 3.84. The molecular formula is C16H21N5OS. The molecule has 0 aliphatic rings. The number of allylic oxidation sites excluding steroid dienone is 1. The van der Waals surface area contributed by atoms with E-state index in [9.17, 15) is 4.79 Å². The van der Waals surface area contributed by atoms with Gasteiger partial charge in [-0.3, -0.25) is 9.69 Å². The van der Waals surface area contributed by atoms with E-state index < -0.39 is 0 Å². The Hall–Kier alpha value is -2.25. The molecule has 0 aliphatic carbocycles. The lowest BCUT2D eigenvalue weighted by Gasteiger charge is -2.16. The predicted octanol–water partition coefficient (Wildman–Crippen LogP) is 2.05. The Labute approximate surface area is 141 Å². The van der Waals surface area contributed by atoms with Crippen LogP contribution in [-0.2, 0) is 19.8 Å². The van der Waals surface area contributed by atoms with E-state index in [2.05, 4.69) is 21.9 Å². The summed E-state index contributed by atoms with van der Waals surface area (Å²) in [6.07, 6.45) is 3.51. The third kappa shape index (κ3) is 4.37. The molecule has 0 spiro atoms. The number of hydrogen-bond donors (Lipinski definition) is 1. The van der Waals surface area contributed by atoms with Crippen LogP contribution in [0, 0.1) is 4.77 Å². The van der Waals surface area contributed by atoms with Gasteiger partial charge in [0.25, 0.3) is 5.91 Å². The fraction of sp³-hybridized carbons (Fsp3) is 0.312. The lowest BCUT2D eigenvalue weighted by atomic mass is 10.1. The molecule has 7 heteroatoms. The Kier molecular flexibility index (Phi) is 5.84. The molecule has 122 valence electrons. The van der Waals surface area contributed by atoms with Gasteiger partial charge < -0.3 is 9.88 Å². The van der Waals surface area contributed by atoms with E-state index in [1.54, 1.807) is 24.1 Å². The standard InChI is InChI=1S/C16H21N5OS/c1-4-9-20-11-18-21(16(20)23)12-19(3)10-13-5-7-14(8-6-13)15(22)17-2/h4-8,11H,1,9-10,12H2,2-3H3,(H,17,22). The predicted molar refractivity (Wildman–Crippen MR) is 92.5 cm³/mol. The van der Waals surface area contributed by atoms with E-state index >= 15 is 0 Å². The summed E-state index contributed by atoms with van der Waals surface area (Å²) in [5.74, 6) is -0.0797. The number of carbonyl (C=O) groups is 1. The van der Waals surface area contributed by atoms with Gasteiger partial charge in [0.1, 0.15) is 6.33 Å². The van der Waals surface area contributed by atoms with Crippen LogP contribution >= 0.6 is 12.2 Å². The van der Waals surface area contributed by atoms with E-state index in [0.29, 0.717) is 23.5 Å². The van der Waals surface area contributed by atoms with Crippen molar-refractivity contribution in [3.63, 3.8) is 0 Å². The van der Waals surface area contributed by atoms with E-state index in [1.165, 1.54) is 0 Å². The van der Waals surface area contributed by atoms with E-state index in [1.807, 2.05) is 35.9 Å². The molecule has 1 aromatic carbocycles. The van der Waals surface area contributed by atoms with E-state index in [4.69, 9.17) is 12.2 Å². The summed E-state index contributed by atoms with van der Waals surface area (Å²) >= 11 is 5.38. The molecule has 0 atom stereocenters. The van der Waals surface area contributed by atoms with Crippen LogP contribution in [0.15, 0.2) is 43.2 Å². The molecule has 6 nitrogen and oxygen atoms in total. The first-order valence-corrected chi connectivity index (χ1v) is 7.68. The molecule has 2 aromatic rings. The van der Waals surface area contributed by atoms with Crippen LogP contribution in [-0.4, -0.2) is 39.3 Å². The summed E-state index contributed by atoms with van der Waals surface area (Å²) < 4.78 is 4.32. The van der Waals surface area contributed by atoms with Gasteiger partial charge in [-0.2, -0.15) is 5.10 Å². The maximum Gasteiger partial charge on any atom is 0.251 e. The molecule has 0 bridgehead atoms. The van der Waals surface area contributed by atoms with Crippen molar-refractivity contribution in [2.45, 2.75) is 19.8 Å². The van der Waals surface area contributed by atoms with Crippen LogP contribution in [0.25, 0.3) is 0 Å². The lowest BCUT2D eigenvalue weighted by Crippen LogP contribution is -2.23. The number of rotatable bonds is 7. The Morgan fingerprint density at radius 1 is 1.43 bits per heavy atom. The first-order valence-electron chi connectivity index (χ1n) is 7.28. The molecule has 23 heavy (non-hydrogen) atoms. The lowest BCUT2D eigenvalue weighted by molar-refractivity contribution is 0.0963. The molecule has 0 saturated heterocycles. The summed E-state index contributed by atoms with van der Waals surface area (Å²) in [6.45, 7) is 5.70. The van der Waals surface area contributed by atoms with Crippen LogP contribution < -0.4 is 5.32 Å². The average Bonchev–Trinajstić information content (AvgIpc) is 2.88. The van der Waals surface area contributed by atoms with Crippen LogP contribution in [0.1, 0.15) is 15.9 Å². The van der Waals surface area contributed by atoms with Crippen molar-refractivity contribution in [2.24, 2.45) is 0 Å². The summed E-state index contributed by atoms with van der Waals surface area (Å²) in [5, 5.41) is 6.91. The molecule has 1 amide bonds. The van der Waals surface area contributed by atoms with Gasteiger partial charge in [-0.25, -0.2) is 4.68 Å². The second-order valence-electron chi connectivity index (χ2n) is 5.29. The molecule has 0 radical (unpaired) electrons. The highest BCUT2D eigenvalue weighted by Gasteiger charge is 2.07. The molecule has 1 aromatic heterocycles. The minimum atomic E-state index is -0.0797. The highest BCUT2D eigenvalue weighted by atomic mass is 32.1. The van der Waals surface area contributed by atoms with Crippen LogP contribution in [0.3, 0.4) is 0 Å². The molecule has 1 heterocycles. The number of amides is 1. The van der Waals surface area contributed by atoms with Crippen molar-refractivity contribution < 1.29 is 4.79 Å².